The van der Waals surface area contributed by atoms with Gasteiger partial charge in [-0.2, -0.15) is 0 Å². The van der Waals surface area contributed by atoms with Gasteiger partial charge in [-0.25, -0.2) is 4.79 Å². The molecule has 0 aliphatic carbocycles. The Balaban J connectivity index is 1.75. The normalized spacial score (nSPS) is 22.2. The second-order valence-corrected chi connectivity index (χ2v) is 9.82. The summed E-state index contributed by atoms with van der Waals surface area (Å²) in [5, 5.41) is 0. The van der Waals surface area contributed by atoms with Crippen LogP contribution in [0.4, 0.5) is 11.5 Å². The number of amides is 2. The number of nitrogens with one attached hydrogen (secondary N) is 1. The van der Waals surface area contributed by atoms with Crippen LogP contribution in [0.3, 0.4) is 0 Å². The third-order valence-corrected chi connectivity index (χ3v) is 7.62. The van der Waals surface area contributed by atoms with Crippen LogP contribution in [0.5, 0.6) is 0 Å². The number of thioether (sulfide) groups is 1. The Morgan fingerprint density at radius 1 is 1.28 bits per heavy atom. The number of fused-ring (bicyclic) bond motifs is 1. The smallest absolute Gasteiger partial charge is 0.330 e. The maximum atomic E-state index is 13.6. The summed E-state index contributed by atoms with van der Waals surface area (Å²) < 4.78 is 1.26. The molecule has 10 heteroatoms. The Labute approximate surface area is 189 Å². The van der Waals surface area contributed by atoms with Gasteiger partial charge >= 0.3 is 5.69 Å². The number of carbonyl (C=O) groups excluding carboxylic acids is 2. The number of nitrogens with zero attached hydrogens (tertiary/aromatic N) is 3. The van der Waals surface area contributed by atoms with Gasteiger partial charge in [0.1, 0.15) is 11.9 Å². The number of hydrogen-bond donors (Lipinski definition) is 2. The Bertz CT molecular complexity index is 1160. The number of H-pyrrole nitrogens is 1. The van der Waals surface area contributed by atoms with Crippen molar-refractivity contribution in [1.82, 2.24) is 14.5 Å². The standard InChI is InChI=1S/C22H27N5O4S/c1-3-11-25(20(30)15-13-32-22(2)10-9-16(28)27(15)22)17-18(23)26(21(31)24-19(17)29)12-14-7-5-4-6-8-14/h4-8,15H,3,9-13,23H2,1-2H3,(H,24,29,31)/t15-,22-/m1/s1. The molecular formula is C22H27N5O4S. The molecule has 4 rings (SSSR count). The van der Waals surface area contributed by atoms with Crippen LogP contribution in [-0.2, 0) is 16.1 Å². The van der Waals surface area contributed by atoms with Gasteiger partial charge in [-0.05, 0) is 25.3 Å². The SMILES string of the molecule is CCCN(C(=O)[C@H]1CS[C@]2(C)CCC(=O)N12)c1c(N)n(Cc2ccccc2)c(=O)[nH]c1=O. The average molecular weight is 458 g/mol. The largest absolute Gasteiger partial charge is 0.383 e. The van der Waals surface area contributed by atoms with Gasteiger partial charge in [-0.15, -0.1) is 11.8 Å². The van der Waals surface area contributed by atoms with Crippen LogP contribution in [0.25, 0.3) is 0 Å². The van der Waals surface area contributed by atoms with Crippen LogP contribution >= 0.6 is 11.8 Å². The molecule has 2 saturated heterocycles. The van der Waals surface area contributed by atoms with Crippen LogP contribution < -0.4 is 21.9 Å². The first-order valence-corrected chi connectivity index (χ1v) is 11.7. The topological polar surface area (TPSA) is 121 Å². The summed E-state index contributed by atoms with van der Waals surface area (Å²) in [6.07, 6.45) is 1.68. The zero-order chi connectivity index (χ0) is 23.0. The molecule has 2 aliphatic rings. The highest BCUT2D eigenvalue weighted by atomic mass is 32.2. The van der Waals surface area contributed by atoms with Gasteiger partial charge in [0.2, 0.25) is 5.91 Å². The number of nitrogens with two attached hydrogens (primary N) is 1. The first kappa shape index (κ1) is 22.2. The van der Waals surface area contributed by atoms with E-state index < -0.39 is 22.2 Å². The van der Waals surface area contributed by atoms with E-state index >= 15 is 0 Å². The van der Waals surface area contributed by atoms with E-state index in [0.29, 0.717) is 25.0 Å². The van der Waals surface area contributed by atoms with Crippen molar-refractivity contribution in [3.63, 3.8) is 0 Å². The van der Waals surface area contributed by atoms with E-state index in [0.717, 1.165) is 5.56 Å². The van der Waals surface area contributed by atoms with E-state index in [9.17, 15) is 19.2 Å². The minimum atomic E-state index is -0.709. The van der Waals surface area contributed by atoms with Crippen LogP contribution in [0.1, 0.15) is 38.7 Å². The molecule has 3 N–H and O–H groups in total. The lowest BCUT2D eigenvalue weighted by Crippen LogP contribution is -2.53. The summed E-state index contributed by atoms with van der Waals surface area (Å²) in [7, 11) is 0. The van der Waals surface area contributed by atoms with Crippen molar-refractivity contribution in [2.75, 3.05) is 22.9 Å². The molecule has 1 aromatic carbocycles. The lowest BCUT2D eigenvalue weighted by Gasteiger charge is -2.33. The summed E-state index contributed by atoms with van der Waals surface area (Å²) in [6, 6.07) is 8.58. The summed E-state index contributed by atoms with van der Waals surface area (Å²) in [5.74, 6) is -0.00262. The zero-order valence-electron chi connectivity index (χ0n) is 18.2. The van der Waals surface area contributed by atoms with E-state index in [1.807, 2.05) is 44.2 Å². The van der Waals surface area contributed by atoms with Gasteiger partial charge in [0, 0.05) is 18.7 Å². The number of aromatic amines is 1. The fourth-order valence-electron chi connectivity index (χ4n) is 4.50. The van der Waals surface area contributed by atoms with Crippen molar-refractivity contribution in [2.24, 2.45) is 0 Å². The molecule has 2 aromatic rings. The van der Waals surface area contributed by atoms with Crippen molar-refractivity contribution in [1.29, 1.82) is 0 Å². The fourth-order valence-corrected chi connectivity index (χ4v) is 5.92. The average Bonchev–Trinajstić information content (AvgIpc) is 3.26. The predicted octanol–water partition coefficient (Wildman–Crippen LogP) is 1.36. The molecule has 0 saturated carbocycles. The molecule has 32 heavy (non-hydrogen) atoms. The zero-order valence-corrected chi connectivity index (χ0v) is 19.0. The van der Waals surface area contributed by atoms with Crippen LogP contribution in [0.15, 0.2) is 39.9 Å². The molecule has 0 bridgehead atoms. The molecule has 3 heterocycles. The van der Waals surface area contributed by atoms with Crippen molar-refractivity contribution in [3.05, 3.63) is 56.7 Å². The van der Waals surface area contributed by atoms with Gasteiger partial charge in [-0.1, -0.05) is 37.3 Å². The Kier molecular flexibility index (Phi) is 5.89. The molecule has 2 aliphatic heterocycles. The van der Waals surface area contributed by atoms with Gasteiger partial charge < -0.3 is 15.5 Å². The van der Waals surface area contributed by atoms with E-state index in [1.165, 1.54) is 9.47 Å². The highest BCUT2D eigenvalue weighted by molar-refractivity contribution is 8.01. The van der Waals surface area contributed by atoms with Crippen LogP contribution in [-0.4, -0.2) is 49.5 Å². The van der Waals surface area contributed by atoms with Crippen molar-refractivity contribution < 1.29 is 9.59 Å². The number of hydrogen-bond acceptors (Lipinski definition) is 6. The Hall–Kier alpha value is -3.01. The Morgan fingerprint density at radius 2 is 2.00 bits per heavy atom. The number of carbonyl (C=O) groups is 2. The summed E-state index contributed by atoms with van der Waals surface area (Å²) >= 11 is 1.59. The maximum Gasteiger partial charge on any atom is 0.330 e. The molecule has 2 fully saturated rings. The first-order valence-electron chi connectivity index (χ1n) is 10.7. The molecular weight excluding hydrogens is 430 g/mol. The lowest BCUT2D eigenvalue weighted by atomic mass is 10.2. The van der Waals surface area contributed by atoms with Crippen LogP contribution in [0.2, 0.25) is 0 Å². The second kappa shape index (κ2) is 8.50. The third-order valence-electron chi connectivity index (χ3n) is 6.11. The van der Waals surface area contributed by atoms with E-state index in [4.69, 9.17) is 5.73 Å². The molecule has 2 atom stereocenters. The summed E-state index contributed by atoms with van der Waals surface area (Å²) in [6.45, 7) is 4.27. The van der Waals surface area contributed by atoms with Crippen molar-refractivity contribution >= 4 is 35.1 Å². The van der Waals surface area contributed by atoms with E-state index in [1.54, 1.807) is 16.7 Å². The van der Waals surface area contributed by atoms with E-state index in [2.05, 4.69) is 4.98 Å². The summed E-state index contributed by atoms with van der Waals surface area (Å²) in [4.78, 5) is 56.4. The Morgan fingerprint density at radius 3 is 2.69 bits per heavy atom. The molecule has 0 radical (unpaired) electrons. The van der Waals surface area contributed by atoms with Crippen molar-refractivity contribution in [3.8, 4) is 0 Å². The summed E-state index contributed by atoms with van der Waals surface area (Å²) in [5.41, 5.74) is 5.77. The fraction of sp³-hybridized carbons (Fsp3) is 0.455. The molecule has 2 amide bonds. The number of anilines is 2. The monoisotopic (exact) mass is 457 g/mol. The number of benzene rings is 1. The van der Waals surface area contributed by atoms with E-state index in [-0.39, 0.29) is 36.4 Å². The minimum Gasteiger partial charge on any atom is -0.383 e. The molecule has 0 unspecified atom stereocenters. The van der Waals surface area contributed by atoms with Gasteiger partial charge in [0.15, 0.2) is 5.69 Å². The molecule has 1 aromatic heterocycles. The van der Waals surface area contributed by atoms with Crippen LogP contribution in [0, 0.1) is 0 Å². The van der Waals surface area contributed by atoms with Gasteiger partial charge in [-0.3, -0.25) is 23.9 Å². The number of rotatable bonds is 6. The molecule has 0 spiro atoms. The highest BCUT2D eigenvalue weighted by Crippen LogP contribution is 2.47. The van der Waals surface area contributed by atoms with Gasteiger partial charge in [0.25, 0.3) is 11.5 Å². The lowest BCUT2D eigenvalue weighted by molar-refractivity contribution is -0.136. The predicted molar refractivity (Wildman–Crippen MR) is 125 cm³/mol. The molecule has 9 nitrogen and oxygen atoms in total. The van der Waals surface area contributed by atoms with Gasteiger partial charge in [0.05, 0.1) is 11.4 Å². The first-order chi connectivity index (χ1) is 15.3. The van der Waals surface area contributed by atoms with Crippen molar-refractivity contribution in [2.45, 2.75) is 50.6 Å². The minimum absolute atomic E-state index is 0.0439. The maximum absolute atomic E-state index is 13.6. The molecule has 170 valence electrons. The quantitative estimate of drug-likeness (QED) is 0.676. The third kappa shape index (κ3) is 3.72. The number of aromatic nitrogens is 2. The highest BCUT2D eigenvalue weighted by Gasteiger charge is 2.53. The number of nitrogen functional groups attached to an aromatic ring is 1. The second-order valence-electron chi connectivity index (χ2n) is 8.32.